The first-order valence-electron chi connectivity index (χ1n) is 5.49. The highest BCUT2D eigenvalue weighted by molar-refractivity contribution is 9.11. The van der Waals surface area contributed by atoms with Crippen LogP contribution in [-0.4, -0.2) is 6.04 Å². The van der Waals surface area contributed by atoms with E-state index in [4.69, 9.17) is 0 Å². The van der Waals surface area contributed by atoms with E-state index in [1.807, 2.05) is 0 Å². The molecule has 0 amide bonds. The van der Waals surface area contributed by atoms with Crippen LogP contribution in [0.2, 0.25) is 0 Å². The van der Waals surface area contributed by atoms with Crippen LogP contribution in [0.1, 0.15) is 33.1 Å². The second kappa shape index (κ2) is 7.02. The van der Waals surface area contributed by atoms with Gasteiger partial charge >= 0.3 is 0 Å². The monoisotopic (exact) mass is 411 g/mol. The minimum atomic E-state index is 0.541. The average molecular weight is 414 g/mol. The Morgan fingerprint density at radius 1 is 1.12 bits per heavy atom. The second-order valence-electron chi connectivity index (χ2n) is 3.78. The lowest BCUT2D eigenvalue weighted by atomic mass is 10.1. The van der Waals surface area contributed by atoms with E-state index in [9.17, 15) is 0 Å². The Labute approximate surface area is 123 Å². The predicted octanol–water partition coefficient (Wildman–Crippen LogP) is 5.96. The number of anilines is 1. The van der Waals surface area contributed by atoms with Gasteiger partial charge in [0.1, 0.15) is 0 Å². The summed E-state index contributed by atoms with van der Waals surface area (Å²) >= 11 is 10.6. The quantitative estimate of drug-likeness (QED) is 0.627. The molecule has 0 heterocycles. The van der Waals surface area contributed by atoms with E-state index < -0.39 is 0 Å². The maximum atomic E-state index is 3.58. The van der Waals surface area contributed by atoms with Crippen molar-refractivity contribution in [3.8, 4) is 0 Å². The third-order valence-corrected chi connectivity index (χ3v) is 4.19. The maximum Gasteiger partial charge on any atom is 0.0631 e. The van der Waals surface area contributed by atoms with Crippen LogP contribution in [0.3, 0.4) is 0 Å². The van der Waals surface area contributed by atoms with Crippen molar-refractivity contribution in [1.29, 1.82) is 0 Å². The van der Waals surface area contributed by atoms with Crippen LogP contribution in [0.5, 0.6) is 0 Å². The van der Waals surface area contributed by atoms with Gasteiger partial charge in [-0.15, -0.1) is 0 Å². The van der Waals surface area contributed by atoms with Crippen LogP contribution in [-0.2, 0) is 0 Å². The van der Waals surface area contributed by atoms with Gasteiger partial charge in [-0.1, -0.05) is 36.2 Å². The molecule has 1 atom stereocenters. The molecule has 1 aromatic carbocycles. The molecule has 1 rings (SSSR count). The predicted molar refractivity (Wildman–Crippen MR) is 82.2 cm³/mol. The number of hydrogen-bond acceptors (Lipinski definition) is 1. The van der Waals surface area contributed by atoms with Crippen LogP contribution in [0.25, 0.3) is 0 Å². The van der Waals surface area contributed by atoms with Crippen LogP contribution in [0.4, 0.5) is 5.69 Å². The minimum absolute atomic E-state index is 0.541. The van der Waals surface area contributed by atoms with Crippen LogP contribution < -0.4 is 5.32 Å². The fraction of sp³-hybridized carbons (Fsp3) is 0.500. The Morgan fingerprint density at radius 3 is 2.12 bits per heavy atom. The summed E-state index contributed by atoms with van der Waals surface area (Å²) in [7, 11) is 0. The van der Waals surface area contributed by atoms with E-state index in [-0.39, 0.29) is 0 Å². The smallest absolute Gasteiger partial charge is 0.0631 e. The van der Waals surface area contributed by atoms with Gasteiger partial charge in [0.15, 0.2) is 0 Å². The Bertz CT molecular complexity index is 329. The first kappa shape index (κ1) is 14.5. The van der Waals surface area contributed by atoms with Gasteiger partial charge in [-0.2, -0.15) is 0 Å². The molecule has 1 N–H and O–H groups in total. The topological polar surface area (TPSA) is 12.0 Å². The van der Waals surface area contributed by atoms with Crippen molar-refractivity contribution in [2.45, 2.75) is 39.2 Å². The summed E-state index contributed by atoms with van der Waals surface area (Å²) in [6.45, 7) is 4.43. The van der Waals surface area contributed by atoms with E-state index in [2.05, 4.69) is 79.1 Å². The lowest BCUT2D eigenvalue weighted by Gasteiger charge is -2.20. The molecule has 0 spiro atoms. The van der Waals surface area contributed by atoms with Crippen molar-refractivity contribution in [2.24, 2.45) is 0 Å². The van der Waals surface area contributed by atoms with Crippen molar-refractivity contribution in [3.63, 3.8) is 0 Å². The van der Waals surface area contributed by atoms with E-state index >= 15 is 0 Å². The summed E-state index contributed by atoms with van der Waals surface area (Å²) in [5.74, 6) is 0. The molecule has 0 radical (unpaired) electrons. The van der Waals surface area contributed by atoms with Crippen molar-refractivity contribution in [1.82, 2.24) is 0 Å². The van der Waals surface area contributed by atoms with E-state index in [0.29, 0.717) is 6.04 Å². The number of benzene rings is 1. The highest BCUT2D eigenvalue weighted by Crippen LogP contribution is 2.35. The summed E-state index contributed by atoms with van der Waals surface area (Å²) in [6, 6.07) is 4.66. The Kier molecular flexibility index (Phi) is 6.37. The summed E-state index contributed by atoms with van der Waals surface area (Å²) in [5.41, 5.74) is 1.14. The second-order valence-corrected chi connectivity index (χ2v) is 6.41. The van der Waals surface area contributed by atoms with Gasteiger partial charge < -0.3 is 5.32 Å². The molecule has 0 saturated carbocycles. The van der Waals surface area contributed by atoms with Gasteiger partial charge in [0.25, 0.3) is 0 Å². The number of rotatable bonds is 5. The fourth-order valence-corrected chi connectivity index (χ4v) is 4.10. The van der Waals surface area contributed by atoms with Gasteiger partial charge in [-0.3, -0.25) is 0 Å². The Balaban J connectivity index is 2.87. The summed E-state index contributed by atoms with van der Waals surface area (Å²) in [6.07, 6.45) is 3.55. The standard InChI is InChI=1S/C12H16Br3N/c1-3-5-9(4-2)16-12-10(14)6-8(13)7-11(12)15/h6-7,9,16H,3-5H2,1-2H3. The molecule has 0 fully saturated rings. The normalized spacial score (nSPS) is 12.6. The maximum absolute atomic E-state index is 3.58. The van der Waals surface area contributed by atoms with Crippen LogP contribution in [0.15, 0.2) is 25.6 Å². The lowest BCUT2D eigenvalue weighted by molar-refractivity contribution is 0.622. The van der Waals surface area contributed by atoms with Crippen molar-refractivity contribution in [2.75, 3.05) is 5.32 Å². The van der Waals surface area contributed by atoms with Gasteiger partial charge in [0, 0.05) is 19.5 Å². The molecule has 4 heteroatoms. The van der Waals surface area contributed by atoms with Crippen molar-refractivity contribution in [3.05, 3.63) is 25.6 Å². The average Bonchev–Trinajstić information content (AvgIpc) is 2.21. The zero-order valence-corrected chi connectivity index (χ0v) is 14.2. The zero-order valence-electron chi connectivity index (χ0n) is 9.49. The number of hydrogen-bond donors (Lipinski definition) is 1. The minimum Gasteiger partial charge on any atom is -0.380 e. The van der Waals surface area contributed by atoms with E-state index in [1.165, 1.54) is 12.8 Å². The molecule has 90 valence electrons. The van der Waals surface area contributed by atoms with Crippen LogP contribution in [0, 0.1) is 0 Å². The van der Waals surface area contributed by atoms with Crippen molar-refractivity contribution < 1.29 is 0 Å². The first-order valence-corrected chi connectivity index (χ1v) is 7.87. The highest BCUT2D eigenvalue weighted by atomic mass is 79.9. The summed E-state index contributed by atoms with van der Waals surface area (Å²) in [4.78, 5) is 0. The van der Waals surface area contributed by atoms with Gasteiger partial charge in [0.2, 0.25) is 0 Å². The Morgan fingerprint density at radius 2 is 1.69 bits per heavy atom. The molecule has 0 aliphatic carbocycles. The number of nitrogens with one attached hydrogen (secondary N) is 1. The molecule has 1 aromatic rings. The fourth-order valence-electron chi connectivity index (χ4n) is 1.61. The molecule has 1 nitrogen and oxygen atoms in total. The lowest BCUT2D eigenvalue weighted by Crippen LogP contribution is -2.18. The first-order chi connectivity index (χ1) is 7.58. The van der Waals surface area contributed by atoms with Gasteiger partial charge in [0.05, 0.1) is 5.69 Å². The molecule has 0 aliphatic rings. The molecular weight excluding hydrogens is 398 g/mol. The third kappa shape index (κ3) is 4.04. The van der Waals surface area contributed by atoms with Gasteiger partial charge in [-0.25, -0.2) is 0 Å². The molecular formula is C12H16Br3N. The molecule has 0 aromatic heterocycles. The number of halogens is 3. The zero-order chi connectivity index (χ0) is 12.1. The molecule has 16 heavy (non-hydrogen) atoms. The summed E-state index contributed by atoms with van der Waals surface area (Å²) < 4.78 is 3.24. The van der Waals surface area contributed by atoms with Crippen molar-refractivity contribution >= 4 is 53.5 Å². The largest absolute Gasteiger partial charge is 0.380 e. The van der Waals surface area contributed by atoms with E-state index in [0.717, 1.165) is 25.5 Å². The Hall–Kier alpha value is 0.460. The SMILES string of the molecule is CCCC(CC)Nc1c(Br)cc(Br)cc1Br. The van der Waals surface area contributed by atoms with E-state index in [1.54, 1.807) is 0 Å². The molecule has 0 saturated heterocycles. The summed E-state index contributed by atoms with van der Waals surface area (Å²) in [5, 5.41) is 3.58. The molecule has 0 bridgehead atoms. The molecule has 1 unspecified atom stereocenters. The van der Waals surface area contributed by atoms with Crippen LogP contribution >= 0.6 is 47.8 Å². The highest BCUT2D eigenvalue weighted by Gasteiger charge is 2.11. The van der Waals surface area contributed by atoms with Gasteiger partial charge in [-0.05, 0) is 56.8 Å². The molecule has 0 aliphatic heterocycles. The third-order valence-electron chi connectivity index (χ3n) is 2.49.